The van der Waals surface area contributed by atoms with Crippen LogP contribution in [0.5, 0.6) is 11.5 Å². The van der Waals surface area contributed by atoms with Crippen LogP contribution in [0.3, 0.4) is 0 Å². The van der Waals surface area contributed by atoms with Gasteiger partial charge in [0.15, 0.2) is 17.3 Å². The number of rotatable bonds is 10. The quantitative estimate of drug-likeness (QED) is 0.414. The third-order valence-corrected chi connectivity index (χ3v) is 5.47. The van der Waals surface area contributed by atoms with Crippen molar-refractivity contribution in [2.45, 2.75) is 38.6 Å². The SMILES string of the molecule is C=Nc1cc(CNc2nc(C)nc3cc(OC)c(OC(COC)C4CC4)cc23)nc(C(F)(F)F)n1. The van der Waals surface area contributed by atoms with Crippen molar-refractivity contribution in [3.05, 3.63) is 35.5 Å². The zero-order valence-corrected chi connectivity index (χ0v) is 19.5. The Morgan fingerprint density at radius 2 is 1.89 bits per heavy atom. The molecule has 0 amide bonds. The molecule has 0 aliphatic heterocycles. The maximum atomic E-state index is 13.2. The number of nitrogens with zero attached hydrogens (tertiary/aromatic N) is 5. The van der Waals surface area contributed by atoms with E-state index in [2.05, 4.69) is 37.0 Å². The third kappa shape index (κ3) is 5.76. The Balaban J connectivity index is 1.68. The topological polar surface area (TPSA) is 104 Å². The minimum atomic E-state index is -4.71. The normalized spacial score (nSPS) is 14.6. The van der Waals surface area contributed by atoms with Gasteiger partial charge in [0.2, 0.25) is 5.82 Å². The molecule has 0 spiro atoms. The van der Waals surface area contributed by atoms with Gasteiger partial charge >= 0.3 is 6.18 Å². The lowest BCUT2D eigenvalue weighted by atomic mass is 10.2. The van der Waals surface area contributed by atoms with Gasteiger partial charge in [-0.2, -0.15) is 13.2 Å². The monoisotopic (exact) mass is 490 g/mol. The molecule has 12 heteroatoms. The molecular formula is C23H25F3N6O3. The summed E-state index contributed by atoms with van der Waals surface area (Å²) in [6, 6.07) is 4.83. The number of hydrogen-bond donors (Lipinski definition) is 1. The van der Waals surface area contributed by atoms with E-state index in [4.69, 9.17) is 14.2 Å². The van der Waals surface area contributed by atoms with Crippen LogP contribution in [0.15, 0.2) is 23.2 Å². The fourth-order valence-corrected chi connectivity index (χ4v) is 3.66. The second kappa shape index (κ2) is 9.98. The predicted molar refractivity (Wildman–Crippen MR) is 123 cm³/mol. The molecule has 1 atom stereocenters. The van der Waals surface area contributed by atoms with Crippen molar-refractivity contribution < 1.29 is 27.4 Å². The number of aryl methyl sites for hydroxylation is 1. The van der Waals surface area contributed by atoms with Gasteiger partial charge in [-0.25, -0.2) is 24.9 Å². The van der Waals surface area contributed by atoms with Gasteiger partial charge in [-0.1, -0.05) is 0 Å². The van der Waals surface area contributed by atoms with E-state index in [1.165, 1.54) is 6.07 Å². The Hall–Kier alpha value is -3.54. The number of nitrogens with one attached hydrogen (secondary N) is 1. The first-order chi connectivity index (χ1) is 16.7. The first kappa shape index (κ1) is 24.6. The van der Waals surface area contributed by atoms with Crippen molar-refractivity contribution in [1.82, 2.24) is 19.9 Å². The van der Waals surface area contributed by atoms with E-state index in [-0.39, 0.29) is 24.2 Å². The maximum Gasteiger partial charge on any atom is 0.451 e. The minimum Gasteiger partial charge on any atom is -0.493 e. The molecule has 2 heterocycles. The van der Waals surface area contributed by atoms with Crippen LogP contribution in [-0.2, 0) is 17.5 Å². The van der Waals surface area contributed by atoms with Crippen molar-refractivity contribution >= 4 is 29.3 Å². The second-order valence-corrected chi connectivity index (χ2v) is 8.14. The zero-order valence-electron chi connectivity index (χ0n) is 19.5. The first-order valence-corrected chi connectivity index (χ1v) is 10.9. The molecule has 1 N–H and O–H groups in total. The summed E-state index contributed by atoms with van der Waals surface area (Å²) in [7, 11) is 3.17. The van der Waals surface area contributed by atoms with Gasteiger partial charge in [0.05, 0.1) is 31.5 Å². The van der Waals surface area contributed by atoms with E-state index in [0.29, 0.717) is 46.6 Å². The molecule has 0 bridgehead atoms. The molecule has 35 heavy (non-hydrogen) atoms. The van der Waals surface area contributed by atoms with Gasteiger partial charge in [-0.15, -0.1) is 0 Å². The van der Waals surface area contributed by atoms with Crippen LogP contribution in [-0.4, -0.2) is 53.6 Å². The Kier molecular flexibility index (Phi) is 7.01. The number of aliphatic imine (C=N–C) groups is 1. The van der Waals surface area contributed by atoms with Gasteiger partial charge in [-0.05, 0) is 38.5 Å². The highest BCUT2D eigenvalue weighted by Gasteiger charge is 2.35. The highest BCUT2D eigenvalue weighted by Crippen LogP contribution is 2.40. The Labute approximate surface area is 199 Å². The summed E-state index contributed by atoms with van der Waals surface area (Å²) in [5.41, 5.74) is 0.670. The smallest absolute Gasteiger partial charge is 0.451 e. The minimum absolute atomic E-state index is 0.0593. The van der Waals surface area contributed by atoms with Gasteiger partial charge in [0, 0.05) is 24.6 Å². The highest BCUT2D eigenvalue weighted by molar-refractivity contribution is 5.91. The van der Waals surface area contributed by atoms with E-state index in [9.17, 15) is 13.2 Å². The lowest BCUT2D eigenvalue weighted by Crippen LogP contribution is -2.25. The lowest BCUT2D eigenvalue weighted by Gasteiger charge is -2.20. The van der Waals surface area contributed by atoms with Crippen molar-refractivity contribution in [2.24, 2.45) is 10.9 Å². The molecule has 2 aromatic heterocycles. The Morgan fingerprint density at radius 3 is 2.51 bits per heavy atom. The van der Waals surface area contributed by atoms with E-state index in [0.717, 1.165) is 12.8 Å². The van der Waals surface area contributed by atoms with Crippen LogP contribution in [0, 0.1) is 12.8 Å². The number of aromatic nitrogens is 4. The summed E-state index contributed by atoms with van der Waals surface area (Å²) >= 11 is 0. The molecule has 1 unspecified atom stereocenters. The van der Waals surface area contributed by atoms with Gasteiger partial charge in [0.25, 0.3) is 0 Å². The van der Waals surface area contributed by atoms with Crippen LogP contribution in [0.4, 0.5) is 24.8 Å². The van der Waals surface area contributed by atoms with Crippen LogP contribution >= 0.6 is 0 Å². The molecule has 0 radical (unpaired) electrons. The van der Waals surface area contributed by atoms with Crippen molar-refractivity contribution in [3.63, 3.8) is 0 Å². The molecule has 9 nitrogen and oxygen atoms in total. The Bertz CT molecular complexity index is 1230. The number of anilines is 1. The summed E-state index contributed by atoms with van der Waals surface area (Å²) in [6.45, 7) is 5.36. The standard InChI is InChI=1S/C23H25F3N6O3/c1-12-29-16-9-17(34-4)18(35-19(11-33-3)13-5-6-13)8-15(16)21(30-12)28-10-14-7-20(27-2)32-22(31-14)23(24,25)26/h7-9,13,19H,2,5-6,10-11H2,1,3-4H3,(H,28,29,30). The summed E-state index contributed by atoms with van der Waals surface area (Å²) in [5, 5.41) is 3.68. The average molecular weight is 490 g/mol. The average Bonchev–Trinajstić information content (AvgIpc) is 3.66. The molecule has 186 valence electrons. The van der Waals surface area contributed by atoms with Crippen molar-refractivity contribution in [1.29, 1.82) is 0 Å². The largest absolute Gasteiger partial charge is 0.493 e. The number of ether oxygens (including phenoxy) is 3. The molecule has 3 aromatic rings. The zero-order chi connectivity index (χ0) is 25.2. The predicted octanol–water partition coefficient (Wildman–Crippen LogP) is 4.50. The lowest BCUT2D eigenvalue weighted by molar-refractivity contribution is -0.145. The van der Waals surface area contributed by atoms with Gasteiger partial charge in [0.1, 0.15) is 17.7 Å². The van der Waals surface area contributed by atoms with Crippen molar-refractivity contribution in [3.8, 4) is 11.5 Å². The van der Waals surface area contributed by atoms with E-state index in [1.807, 2.05) is 0 Å². The van der Waals surface area contributed by atoms with Crippen LogP contribution in [0.1, 0.15) is 30.2 Å². The second-order valence-electron chi connectivity index (χ2n) is 8.14. The molecular weight excluding hydrogens is 465 g/mol. The van der Waals surface area contributed by atoms with Gasteiger partial charge < -0.3 is 19.5 Å². The van der Waals surface area contributed by atoms with Crippen LogP contribution < -0.4 is 14.8 Å². The molecule has 0 saturated heterocycles. The molecule has 1 aromatic carbocycles. The van der Waals surface area contributed by atoms with Crippen LogP contribution in [0.25, 0.3) is 10.9 Å². The molecule has 1 aliphatic rings. The number of hydrogen-bond acceptors (Lipinski definition) is 9. The molecule has 1 saturated carbocycles. The number of halogens is 3. The highest BCUT2D eigenvalue weighted by atomic mass is 19.4. The third-order valence-electron chi connectivity index (χ3n) is 5.47. The van der Waals surface area contributed by atoms with Gasteiger partial charge in [-0.3, -0.25) is 0 Å². The first-order valence-electron chi connectivity index (χ1n) is 10.9. The van der Waals surface area contributed by atoms with Crippen LogP contribution in [0.2, 0.25) is 0 Å². The summed E-state index contributed by atoms with van der Waals surface area (Å²) < 4.78 is 56.6. The fourth-order valence-electron chi connectivity index (χ4n) is 3.66. The number of fused-ring (bicyclic) bond motifs is 1. The van der Waals surface area contributed by atoms with E-state index in [1.54, 1.807) is 33.3 Å². The van der Waals surface area contributed by atoms with E-state index >= 15 is 0 Å². The van der Waals surface area contributed by atoms with E-state index < -0.39 is 12.0 Å². The summed E-state index contributed by atoms with van der Waals surface area (Å²) in [4.78, 5) is 19.4. The fraction of sp³-hybridized carbons (Fsp3) is 0.435. The maximum absolute atomic E-state index is 13.2. The Morgan fingerprint density at radius 1 is 1.11 bits per heavy atom. The van der Waals surface area contributed by atoms with Crippen molar-refractivity contribution in [2.75, 3.05) is 26.1 Å². The molecule has 1 fully saturated rings. The summed E-state index contributed by atoms with van der Waals surface area (Å²) in [5.74, 6) is 0.855. The summed E-state index contributed by atoms with van der Waals surface area (Å²) in [6.07, 6.45) is -2.70. The number of benzene rings is 1. The number of alkyl halides is 3. The number of methoxy groups -OCH3 is 2. The molecule has 4 rings (SSSR count). The molecule has 1 aliphatic carbocycles.